The molecular weight excluding hydrogens is 196 g/mol. The van der Waals surface area contributed by atoms with Crippen molar-refractivity contribution in [1.82, 2.24) is 0 Å². The second-order valence-corrected chi connectivity index (χ2v) is 4.92. The van der Waals surface area contributed by atoms with Crippen LogP contribution in [0.2, 0.25) is 0 Å². The molecule has 4 heteroatoms. The van der Waals surface area contributed by atoms with Crippen LogP contribution < -0.4 is 5.11 Å². The number of aliphatic carboxylic acids is 1. The molecule has 0 aromatic carbocycles. The Morgan fingerprint density at radius 1 is 1.60 bits per heavy atom. The topological polar surface area (TPSA) is 66.4 Å². The molecule has 84 valence electrons. The Balaban J connectivity index is 2.24. The SMILES string of the molecule is CC(C)[C@@]12CC[C@@H](C(=O)[O-])[C@@H](C1)C(=O)O2. The fourth-order valence-electron chi connectivity index (χ4n) is 2.76. The van der Waals surface area contributed by atoms with Crippen LogP contribution in [0.5, 0.6) is 0 Å². The molecule has 0 N–H and O–H groups in total. The van der Waals surface area contributed by atoms with Crippen molar-refractivity contribution < 1.29 is 19.4 Å². The van der Waals surface area contributed by atoms with Gasteiger partial charge in [0, 0.05) is 18.3 Å². The van der Waals surface area contributed by atoms with Crippen molar-refractivity contribution >= 4 is 11.9 Å². The van der Waals surface area contributed by atoms with Gasteiger partial charge in [0.05, 0.1) is 5.92 Å². The fraction of sp³-hybridized carbons (Fsp3) is 0.818. The molecule has 2 bridgehead atoms. The maximum absolute atomic E-state index is 11.6. The van der Waals surface area contributed by atoms with Crippen LogP contribution in [0.25, 0.3) is 0 Å². The molecule has 0 radical (unpaired) electrons. The van der Waals surface area contributed by atoms with E-state index in [1.807, 2.05) is 13.8 Å². The van der Waals surface area contributed by atoms with Gasteiger partial charge in [-0.15, -0.1) is 0 Å². The van der Waals surface area contributed by atoms with E-state index in [9.17, 15) is 14.7 Å². The summed E-state index contributed by atoms with van der Waals surface area (Å²) in [5.41, 5.74) is -0.409. The van der Waals surface area contributed by atoms with Gasteiger partial charge < -0.3 is 14.6 Å². The first kappa shape index (κ1) is 10.5. The van der Waals surface area contributed by atoms with Crippen LogP contribution in [-0.4, -0.2) is 17.5 Å². The average Bonchev–Trinajstić information content (AvgIpc) is 2.40. The minimum absolute atomic E-state index is 0.245. The van der Waals surface area contributed by atoms with Gasteiger partial charge in [-0.2, -0.15) is 0 Å². The molecule has 1 aliphatic carbocycles. The second kappa shape index (κ2) is 3.22. The molecule has 2 fully saturated rings. The summed E-state index contributed by atoms with van der Waals surface area (Å²) in [6, 6.07) is 0. The molecule has 4 nitrogen and oxygen atoms in total. The number of hydrogen-bond donors (Lipinski definition) is 0. The fourth-order valence-corrected chi connectivity index (χ4v) is 2.76. The number of carboxylic acid groups (broad SMARTS) is 1. The third kappa shape index (κ3) is 1.43. The Morgan fingerprint density at radius 3 is 2.80 bits per heavy atom. The maximum Gasteiger partial charge on any atom is 0.310 e. The smallest absolute Gasteiger partial charge is 0.310 e. The summed E-state index contributed by atoms with van der Waals surface area (Å²) in [5, 5.41) is 10.8. The second-order valence-electron chi connectivity index (χ2n) is 4.92. The van der Waals surface area contributed by atoms with E-state index in [-0.39, 0.29) is 11.9 Å². The number of hydrogen-bond acceptors (Lipinski definition) is 4. The lowest BCUT2D eigenvalue weighted by molar-refractivity contribution is -0.313. The Labute approximate surface area is 88.6 Å². The van der Waals surface area contributed by atoms with Crippen molar-refractivity contribution in [3.05, 3.63) is 0 Å². The molecule has 0 unspecified atom stereocenters. The van der Waals surface area contributed by atoms with Crippen LogP contribution in [0.3, 0.4) is 0 Å². The number of rotatable bonds is 2. The summed E-state index contributed by atoms with van der Waals surface area (Å²) in [4.78, 5) is 22.4. The Bertz CT molecular complexity index is 310. The summed E-state index contributed by atoms with van der Waals surface area (Å²) < 4.78 is 5.38. The van der Waals surface area contributed by atoms with Gasteiger partial charge in [-0.25, -0.2) is 0 Å². The number of carbonyl (C=O) groups excluding carboxylic acids is 2. The molecule has 2 aliphatic rings. The van der Waals surface area contributed by atoms with Crippen molar-refractivity contribution in [3.8, 4) is 0 Å². The molecule has 2 rings (SSSR count). The van der Waals surface area contributed by atoms with E-state index in [4.69, 9.17) is 4.74 Å². The Kier molecular flexibility index (Phi) is 2.24. The van der Waals surface area contributed by atoms with Gasteiger partial charge >= 0.3 is 5.97 Å². The monoisotopic (exact) mass is 211 g/mol. The molecule has 3 atom stereocenters. The highest BCUT2D eigenvalue weighted by Gasteiger charge is 2.54. The lowest BCUT2D eigenvalue weighted by Crippen LogP contribution is -2.43. The predicted molar refractivity (Wildman–Crippen MR) is 49.5 cm³/mol. The lowest BCUT2D eigenvalue weighted by Gasteiger charge is -2.37. The minimum Gasteiger partial charge on any atom is -0.550 e. The van der Waals surface area contributed by atoms with Crippen LogP contribution in [0.15, 0.2) is 0 Å². The average molecular weight is 211 g/mol. The van der Waals surface area contributed by atoms with Crippen LogP contribution in [0, 0.1) is 17.8 Å². The van der Waals surface area contributed by atoms with E-state index in [1.54, 1.807) is 0 Å². The minimum atomic E-state index is -1.11. The quantitative estimate of drug-likeness (QED) is 0.608. The summed E-state index contributed by atoms with van der Waals surface area (Å²) >= 11 is 0. The highest BCUT2D eigenvalue weighted by atomic mass is 16.6. The zero-order valence-corrected chi connectivity index (χ0v) is 8.99. The summed E-state index contributed by atoms with van der Waals surface area (Å²) in [6.07, 6.45) is 1.69. The molecular formula is C11H15O4-. The third-order valence-electron chi connectivity index (χ3n) is 3.89. The highest BCUT2D eigenvalue weighted by molar-refractivity contribution is 5.82. The summed E-state index contributed by atoms with van der Waals surface area (Å²) in [6.45, 7) is 4.02. The first-order valence-corrected chi connectivity index (χ1v) is 5.40. The molecule has 0 amide bonds. The van der Waals surface area contributed by atoms with E-state index in [1.165, 1.54) is 0 Å². The molecule has 1 heterocycles. The van der Waals surface area contributed by atoms with Crippen LogP contribution >= 0.6 is 0 Å². The van der Waals surface area contributed by atoms with Gasteiger partial charge in [0.25, 0.3) is 0 Å². The number of carboxylic acids is 1. The highest BCUT2D eigenvalue weighted by Crippen LogP contribution is 2.49. The molecule has 0 aromatic rings. The van der Waals surface area contributed by atoms with Crippen molar-refractivity contribution in [1.29, 1.82) is 0 Å². The Morgan fingerprint density at radius 2 is 2.27 bits per heavy atom. The molecule has 0 spiro atoms. The first-order valence-electron chi connectivity index (χ1n) is 5.40. The maximum atomic E-state index is 11.6. The summed E-state index contributed by atoms with van der Waals surface area (Å²) in [5.74, 6) is -2.35. The van der Waals surface area contributed by atoms with E-state index in [0.717, 1.165) is 0 Å². The zero-order chi connectivity index (χ0) is 11.2. The molecule has 1 saturated carbocycles. The number of fused-ring (bicyclic) bond motifs is 2. The van der Waals surface area contributed by atoms with Crippen molar-refractivity contribution in [3.63, 3.8) is 0 Å². The van der Waals surface area contributed by atoms with Crippen LogP contribution in [0.1, 0.15) is 33.1 Å². The Hall–Kier alpha value is -1.06. The van der Waals surface area contributed by atoms with Gasteiger partial charge in [0.15, 0.2) is 0 Å². The first-order chi connectivity index (χ1) is 6.96. The third-order valence-corrected chi connectivity index (χ3v) is 3.89. The van der Waals surface area contributed by atoms with Crippen LogP contribution in [-0.2, 0) is 14.3 Å². The number of ether oxygens (including phenoxy) is 1. The predicted octanol–water partition coefficient (Wildman–Crippen LogP) is 0.104. The van der Waals surface area contributed by atoms with Gasteiger partial charge in [-0.05, 0) is 18.8 Å². The zero-order valence-electron chi connectivity index (χ0n) is 8.99. The van der Waals surface area contributed by atoms with Crippen molar-refractivity contribution in [2.24, 2.45) is 17.8 Å². The van der Waals surface area contributed by atoms with Gasteiger partial charge in [0.2, 0.25) is 0 Å². The van der Waals surface area contributed by atoms with Crippen molar-refractivity contribution in [2.75, 3.05) is 0 Å². The van der Waals surface area contributed by atoms with Crippen molar-refractivity contribution in [2.45, 2.75) is 38.7 Å². The summed E-state index contributed by atoms with van der Waals surface area (Å²) in [7, 11) is 0. The van der Waals surface area contributed by atoms with E-state index >= 15 is 0 Å². The molecule has 0 aromatic heterocycles. The lowest BCUT2D eigenvalue weighted by atomic mass is 9.70. The van der Waals surface area contributed by atoms with Crippen LogP contribution in [0.4, 0.5) is 0 Å². The standard InChI is InChI=1S/C11H16O4/c1-6(2)11-4-3-7(9(12)13)8(5-11)10(14)15-11/h6-8H,3-5H2,1-2H3,(H,12,13)/p-1/t7-,8-,11-/m1/s1. The van der Waals surface area contributed by atoms with E-state index in [0.29, 0.717) is 19.3 Å². The molecule has 1 aliphatic heterocycles. The van der Waals surface area contributed by atoms with E-state index < -0.39 is 23.4 Å². The van der Waals surface area contributed by atoms with E-state index in [2.05, 4.69) is 0 Å². The normalized spacial score (nSPS) is 39.3. The van der Waals surface area contributed by atoms with Gasteiger partial charge in [0.1, 0.15) is 5.60 Å². The number of esters is 1. The number of carbonyl (C=O) groups is 2. The van der Waals surface area contributed by atoms with Gasteiger partial charge in [-0.1, -0.05) is 13.8 Å². The largest absolute Gasteiger partial charge is 0.550 e. The van der Waals surface area contributed by atoms with Gasteiger partial charge in [-0.3, -0.25) is 4.79 Å². The molecule has 1 saturated heterocycles. The molecule has 15 heavy (non-hydrogen) atoms.